The number of hydrogen-bond acceptors (Lipinski definition) is 7. The first-order chi connectivity index (χ1) is 11.1. The van der Waals surface area contributed by atoms with Gasteiger partial charge in [0.25, 0.3) is 0 Å². The summed E-state index contributed by atoms with van der Waals surface area (Å²) in [5.74, 6) is 1.52. The summed E-state index contributed by atoms with van der Waals surface area (Å²) in [6.45, 7) is 4.97. The second kappa shape index (κ2) is 6.33. The highest BCUT2D eigenvalue weighted by Crippen LogP contribution is 2.25. The van der Waals surface area contributed by atoms with Gasteiger partial charge in [-0.15, -0.1) is 0 Å². The highest BCUT2D eigenvalue weighted by molar-refractivity contribution is 5.93. The molecular formula is C15H19N5O3. The predicted molar refractivity (Wildman–Crippen MR) is 82.0 cm³/mol. The smallest absolute Gasteiger partial charge is 0.242 e. The van der Waals surface area contributed by atoms with Crippen molar-refractivity contribution in [3.05, 3.63) is 29.4 Å². The van der Waals surface area contributed by atoms with Gasteiger partial charge >= 0.3 is 0 Å². The van der Waals surface area contributed by atoms with Gasteiger partial charge in [-0.3, -0.25) is 9.69 Å². The van der Waals surface area contributed by atoms with Crippen LogP contribution in [0.2, 0.25) is 0 Å². The molecule has 0 saturated carbocycles. The van der Waals surface area contributed by atoms with Crippen LogP contribution < -0.4 is 10.1 Å². The van der Waals surface area contributed by atoms with Gasteiger partial charge in [0, 0.05) is 31.1 Å². The van der Waals surface area contributed by atoms with Crippen molar-refractivity contribution in [1.82, 2.24) is 20.0 Å². The number of carbonyl (C=O) groups is 1. The number of rotatable bonds is 4. The third kappa shape index (κ3) is 3.16. The summed E-state index contributed by atoms with van der Waals surface area (Å²) in [6, 6.07) is 1.37. The second-order valence-corrected chi connectivity index (χ2v) is 5.52. The number of ether oxygens (including phenoxy) is 1. The monoisotopic (exact) mass is 317 g/mol. The number of nitrogens with one attached hydrogen (secondary N) is 1. The van der Waals surface area contributed by atoms with Gasteiger partial charge in [-0.2, -0.15) is 0 Å². The number of carbonyl (C=O) groups excluding carboxylic acids is 1. The van der Waals surface area contributed by atoms with E-state index < -0.39 is 0 Å². The maximum atomic E-state index is 12.4. The van der Waals surface area contributed by atoms with E-state index in [1.165, 1.54) is 6.33 Å². The number of fused-ring (bicyclic) bond motifs is 1. The summed E-state index contributed by atoms with van der Waals surface area (Å²) in [7, 11) is 1.59. The maximum Gasteiger partial charge on any atom is 0.242 e. The highest BCUT2D eigenvalue weighted by atomic mass is 16.5. The summed E-state index contributed by atoms with van der Waals surface area (Å²) in [6.07, 6.45) is 2.27. The van der Waals surface area contributed by atoms with Crippen LogP contribution in [0.4, 0.5) is 5.82 Å². The molecule has 3 rings (SSSR count). The molecule has 3 heterocycles. The number of anilines is 1. The zero-order valence-corrected chi connectivity index (χ0v) is 13.4. The Hall–Kier alpha value is -2.48. The van der Waals surface area contributed by atoms with Crippen molar-refractivity contribution in [2.45, 2.75) is 32.9 Å². The molecule has 1 atom stereocenters. The van der Waals surface area contributed by atoms with E-state index in [4.69, 9.17) is 9.26 Å². The van der Waals surface area contributed by atoms with Gasteiger partial charge in [-0.1, -0.05) is 5.16 Å². The molecule has 0 fully saturated rings. The van der Waals surface area contributed by atoms with Crippen LogP contribution in [0.25, 0.3) is 0 Å². The topological polar surface area (TPSA) is 93.4 Å². The SMILES string of the molecule is COc1ncnc2c1CN(C(C)C(=O)Nc1cc(C)on1)CC2. The average molecular weight is 317 g/mol. The molecule has 1 unspecified atom stereocenters. The lowest BCUT2D eigenvalue weighted by Crippen LogP contribution is -2.44. The van der Waals surface area contributed by atoms with Crippen LogP contribution in [0, 0.1) is 6.92 Å². The maximum absolute atomic E-state index is 12.4. The number of aryl methyl sites for hydroxylation is 1. The fraction of sp³-hybridized carbons (Fsp3) is 0.467. The molecule has 8 nitrogen and oxygen atoms in total. The zero-order valence-electron chi connectivity index (χ0n) is 13.4. The van der Waals surface area contributed by atoms with Crippen LogP contribution in [0.1, 0.15) is 23.9 Å². The Morgan fingerprint density at radius 2 is 2.30 bits per heavy atom. The van der Waals surface area contributed by atoms with Gasteiger partial charge < -0.3 is 14.6 Å². The number of methoxy groups -OCH3 is 1. The number of nitrogens with zero attached hydrogens (tertiary/aromatic N) is 4. The van der Waals surface area contributed by atoms with Gasteiger partial charge in [0.2, 0.25) is 11.8 Å². The largest absolute Gasteiger partial charge is 0.481 e. The number of amides is 1. The Balaban J connectivity index is 1.71. The molecule has 1 N–H and O–H groups in total. The molecule has 23 heavy (non-hydrogen) atoms. The quantitative estimate of drug-likeness (QED) is 0.904. The van der Waals surface area contributed by atoms with E-state index >= 15 is 0 Å². The van der Waals surface area contributed by atoms with Crippen molar-refractivity contribution >= 4 is 11.7 Å². The third-order valence-electron chi connectivity index (χ3n) is 3.99. The van der Waals surface area contributed by atoms with Gasteiger partial charge in [0.15, 0.2) is 5.82 Å². The van der Waals surface area contributed by atoms with E-state index in [1.807, 2.05) is 6.92 Å². The zero-order chi connectivity index (χ0) is 16.4. The molecule has 2 aromatic heterocycles. The fourth-order valence-corrected chi connectivity index (χ4v) is 2.66. The molecule has 0 bridgehead atoms. The van der Waals surface area contributed by atoms with Crippen molar-refractivity contribution in [2.24, 2.45) is 0 Å². The molecule has 1 aliphatic heterocycles. The average Bonchev–Trinajstić information content (AvgIpc) is 2.97. The van der Waals surface area contributed by atoms with E-state index in [0.717, 1.165) is 24.2 Å². The highest BCUT2D eigenvalue weighted by Gasteiger charge is 2.28. The molecule has 0 aromatic carbocycles. The van der Waals surface area contributed by atoms with Crippen molar-refractivity contribution in [1.29, 1.82) is 0 Å². The van der Waals surface area contributed by atoms with Gasteiger partial charge in [0.1, 0.15) is 12.1 Å². The van der Waals surface area contributed by atoms with E-state index in [9.17, 15) is 4.79 Å². The van der Waals surface area contributed by atoms with Crippen molar-refractivity contribution in [3.63, 3.8) is 0 Å². The van der Waals surface area contributed by atoms with Gasteiger partial charge in [0.05, 0.1) is 18.8 Å². The first-order valence-corrected chi connectivity index (χ1v) is 7.43. The van der Waals surface area contributed by atoms with Crippen LogP contribution in [-0.2, 0) is 17.8 Å². The minimum absolute atomic E-state index is 0.127. The van der Waals surface area contributed by atoms with Crippen LogP contribution >= 0.6 is 0 Å². The Morgan fingerprint density at radius 1 is 1.48 bits per heavy atom. The Labute approximate surface area is 133 Å². The van der Waals surface area contributed by atoms with Crippen LogP contribution in [-0.4, -0.2) is 45.6 Å². The first kappa shape index (κ1) is 15.4. The second-order valence-electron chi connectivity index (χ2n) is 5.52. The predicted octanol–water partition coefficient (Wildman–Crippen LogP) is 1.17. The number of hydrogen-bond donors (Lipinski definition) is 1. The molecule has 8 heteroatoms. The van der Waals surface area contributed by atoms with E-state index in [0.29, 0.717) is 24.0 Å². The lowest BCUT2D eigenvalue weighted by molar-refractivity contribution is -0.121. The van der Waals surface area contributed by atoms with Crippen molar-refractivity contribution in [3.8, 4) is 5.88 Å². The minimum atomic E-state index is -0.315. The summed E-state index contributed by atoms with van der Waals surface area (Å²) in [5, 5.41) is 6.55. The molecule has 0 radical (unpaired) electrons. The van der Waals surface area contributed by atoms with Crippen molar-refractivity contribution in [2.75, 3.05) is 19.0 Å². The molecule has 2 aromatic rings. The van der Waals surface area contributed by atoms with Crippen LogP contribution in [0.5, 0.6) is 5.88 Å². The Morgan fingerprint density at radius 3 is 3.00 bits per heavy atom. The molecule has 122 valence electrons. The lowest BCUT2D eigenvalue weighted by atomic mass is 10.0. The summed E-state index contributed by atoms with van der Waals surface area (Å²) in [4.78, 5) is 22.9. The Bertz CT molecular complexity index is 701. The normalized spacial score (nSPS) is 15.8. The van der Waals surface area contributed by atoms with Crippen LogP contribution in [0.15, 0.2) is 16.9 Å². The molecule has 1 aliphatic rings. The van der Waals surface area contributed by atoms with Crippen molar-refractivity contribution < 1.29 is 14.1 Å². The third-order valence-corrected chi connectivity index (χ3v) is 3.99. The Kier molecular flexibility index (Phi) is 4.24. The standard InChI is InChI=1S/C15H19N5O3/c1-9-6-13(19-23-9)18-14(21)10(2)20-5-4-12-11(7-20)15(22-3)17-8-16-12/h6,8,10H,4-5,7H2,1-3H3,(H,18,19,21). The molecule has 0 aliphatic carbocycles. The van der Waals surface area contributed by atoms with E-state index in [1.54, 1.807) is 20.1 Å². The van der Waals surface area contributed by atoms with Gasteiger partial charge in [-0.05, 0) is 13.8 Å². The van der Waals surface area contributed by atoms with E-state index in [-0.39, 0.29) is 11.9 Å². The summed E-state index contributed by atoms with van der Waals surface area (Å²) < 4.78 is 10.3. The fourth-order valence-electron chi connectivity index (χ4n) is 2.66. The molecular weight excluding hydrogens is 298 g/mol. The number of aromatic nitrogens is 3. The van der Waals surface area contributed by atoms with Crippen LogP contribution in [0.3, 0.4) is 0 Å². The minimum Gasteiger partial charge on any atom is -0.481 e. The van der Waals surface area contributed by atoms with Gasteiger partial charge in [-0.25, -0.2) is 9.97 Å². The lowest BCUT2D eigenvalue weighted by Gasteiger charge is -2.32. The molecule has 1 amide bonds. The first-order valence-electron chi connectivity index (χ1n) is 7.43. The summed E-state index contributed by atoms with van der Waals surface area (Å²) in [5.41, 5.74) is 1.92. The molecule has 0 saturated heterocycles. The molecule has 0 spiro atoms. The summed E-state index contributed by atoms with van der Waals surface area (Å²) >= 11 is 0. The van der Waals surface area contributed by atoms with E-state index in [2.05, 4.69) is 25.3 Å².